The topological polar surface area (TPSA) is 132 Å². The molecule has 0 unspecified atom stereocenters. The van der Waals surface area contributed by atoms with Crippen LogP contribution in [0.4, 0.5) is 5.82 Å². The molecule has 204 valence electrons. The van der Waals surface area contributed by atoms with E-state index in [1.54, 1.807) is 6.20 Å². The van der Waals surface area contributed by atoms with Crippen molar-refractivity contribution in [3.05, 3.63) is 95.5 Å². The van der Waals surface area contributed by atoms with Gasteiger partial charge in [0.25, 0.3) is 0 Å². The molecular weight excluding hydrogens is 514 g/mol. The SMILES string of the molecule is C=CC(=O)NCc1ccc(-c2c(-c3ccc(Oc4nccc(C)n4)c(C)c3)c3c(N)ncc(C#N)c3n2C)c(C)c1. The van der Waals surface area contributed by atoms with Crippen LogP contribution in [0.5, 0.6) is 11.8 Å². The Bertz CT molecular complexity index is 1880. The lowest BCUT2D eigenvalue weighted by atomic mass is 9.94. The second-order valence-corrected chi connectivity index (χ2v) is 9.81. The number of aromatic nitrogens is 4. The van der Waals surface area contributed by atoms with Crippen LogP contribution in [0.25, 0.3) is 33.3 Å². The average Bonchev–Trinajstić information content (AvgIpc) is 3.26. The van der Waals surface area contributed by atoms with Gasteiger partial charge in [-0.1, -0.05) is 30.8 Å². The van der Waals surface area contributed by atoms with Gasteiger partial charge in [-0.25, -0.2) is 15.0 Å². The van der Waals surface area contributed by atoms with Crippen molar-refractivity contribution in [1.82, 2.24) is 24.8 Å². The highest BCUT2D eigenvalue weighted by molar-refractivity contribution is 6.11. The molecule has 0 saturated heterocycles. The van der Waals surface area contributed by atoms with Crippen LogP contribution in [0.1, 0.15) is 27.9 Å². The zero-order valence-electron chi connectivity index (χ0n) is 23.3. The highest BCUT2D eigenvalue weighted by atomic mass is 16.5. The van der Waals surface area contributed by atoms with E-state index in [0.717, 1.165) is 44.8 Å². The number of hydrogen-bond donors (Lipinski definition) is 2. The average molecular weight is 544 g/mol. The number of carbonyl (C=O) groups is 1. The minimum Gasteiger partial charge on any atom is -0.424 e. The van der Waals surface area contributed by atoms with E-state index in [2.05, 4.69) is 32.9 Å². The van der Waals surface area contributed by atoms with Gasteiger partial charge in [-0.05, 0) is 67.3 Å². The molecule has 5 rings (SSSR count). The highest BCUT2D eigenvalue weighted by Gasteiger charge is 2.24. The fraction of sp³-hybridized carbons (Fsp3) is 0.156. The largest absolute Gasteiger partial charge is 0.424 e. The lowest BCUT2D eigenvalue weighted by molar-refractivity contribution is -0.116. The molecule has 0 aliphatic rings. The number of pyridine rings is 1. The third-order valence-corrected chi connectivity index (χ3v) is 6.99. The Morgan fingerprint density at radius 1 is 1.15 bits per heavy atom. The summed E-state index contributed by atoms with van der Waals surface area (Å²) in [4.78, 5) is 24.6. The van der Waals surface area contributed by atoms with Crippen molar-refractivity contribution in [3.63, 3.8) is 0 Å². The molecule has 2 aromatic carbocycles. The molecule has 41 heavy (non-hydrogen) atoms. The van der Waals surface area contributed by atoms with Crippen LogP contribution >= 0.6 is 0 Å². The first-order valence-corrected chi connectivity index (χ1v) is 13.0. The van der Waals surface area contributed by atoms with Gasteiger partial charge < -0.3 is 20.4 Å². The van der Waals surface area contributed by atoms with Gasteiger partial charge >= 0.3 is 6.01 Å². The summed E-state index contributed by atoms with van der Waals surface area (Å²) in [6.07, 6.45) is 4.42. The summed E-state index contributed by atoms with van der Waals surface area (Å²) in [5.74, 6) is 0.738. The maximum absolute atomic E-state index is 11.7. The summed E-state index contributed by atoms with van der Waals surface area (Å²) >= 11 is 0. The van der Waals surface area contributed by atoms with E-state index in [4.69, 9.17) is 10.5 Å². The van der Waals surface area contributed by atoms with E-state index in [1.807, 2.05) is 74.9 Å². The molecule has 3 aromatic heterocycles. The molecule has 0 radical (unpaired) electrons. The number of amides is 1. The van der Waals surface area contributed by atoms with Crippen molar-refractivity contribution in [3.8, 4) is 40.2 Å². The number of nitrogens with zero attached hydrogens (tertiary/aromatic N) is 5. The number of rotatable bonds is 7. The second-order valence-electron chi connectivity index (χ2n) is 9.81. The third kappa shape index (κ3) is 5.11. The van der Waals surface area contributed by atoms with E-state index in [1.165, 1.54) is 12.3 Å². The lowest BCUT2D eigenvalue weighted by Gasteiger charge is -2.15. The number of carbonyl (C=O) groups excluding carboxylic acids is 1. The molecule has 0 fully saturated rings. The zero-order valence-corrected chi connectivity index (χ0v) is 23.3. The van der Waals surface area contributed by atoms with E-state index < -0.39 is 0 Å². The van der Waals surface area contributed by atoms with Crippen LogP contribution in [0.3, 0.4) is 0 Å². The Balaban J connectivity index is 1.68. The smallest absolute Gasteiger partial charge is 0.322 e. The summed E-state index contributed by atoms with van der Waals surface area (Å²) in [5.41, 5.74) is 14.9. The quantitative estimate of drug-likeness (QED) is 0.253. The second kappa shape index (κ2) is 10.9. The fourth-order valence-electron chi connectivity index (χ4n) is 5.04. The summed E-state index contributed by atoms with van der Waals surface area (Å²) in [7, 11) is 1.93. The predicted octanol–water partition coefficient (Wildman–Crippen LogP) is 5.67. The molecule has 0 spiro atoms. The summed E-state index contributed by atoms with van der Waals surface area (Å²) < 4.78 is 7.99. The summed E-state index contributed by atoms with van der Waals surface area (Å²) in [6, 6.07) is 16.3. The van der Waals surface area contributed by atoms with E-state index in [-0.39, 0.29) is 11.9 Å². The number of nitrogens with one attached hydrogen (secondary N) is 1. The predicted molar refractivity (Wildman–Crippen MR) is 159 cm³/mol. The minimum atomic E-state index is -0.230. The molecule has 0 atom stereocenters. The first-order valence-electron chi connectivity index (χ1n) is 13.0. The molecule has 9 nitrogen and oxygen atoms in total. The number of nitriles is 1. The van der Waals surface area contributed by atoms with Crippen molar-refractivity contribution in [1.29, 1.82) is 5.26 Å². The monoisotopic (exact) mass is 543 g/mol. The van der Waals surface area contributed by atoms with E-state index >= 15 is 0 Å². The van der Waals surface area contributed by atoms with E-state index in [0.29, 0.717) is 34.6 Å². The van der Waals surface area contributed by atoms with E-state index in [9.17, 15) is 10.1 Å². The molecule has 9 heteroatoms. The Morgan fingerprint density at radius 3 is 2.63 bits per heavy atom. The van der Waals surface area contributed by atoms with Crippen LogP contribution in [-0.4, -0.2) is 25.4 Å². The molecule has 5 aromatic rings. The number of nitrogens with two attached hydrogens (primary N) is 1. The van der Waals surface area contributed by atoms with Gasteiger partial charge in [-0.15, -0.1) is 0 Å². The van der Waals surface area contributed by atoms with Gasteiger partial charge in [0.15, 0.2) is 0 Å². The van der Waals surface area contributed by atoms with Gasteiger partial charge in [-0.3, -0.25) is 4.79 Å². The van der Waals surface area contributed by atoms with Gasteiger partial charge in [0, 0.05) is 42.8 Å². The Kier molecular flexibility index (Phi) is 7.23. The number of ether oxygens (including phenoxy) is 1. The molecule has 0 bridgehead atoms. The lowest BCUT2D eigenvalue weighted by Crippen LogP contribution is -2.19. The normalized spacial score (nSPS) is 10.8. The van der Waals surface area contributed by atoms with Crippen molar-refractivity contribution < 1.29 is 9.53 Å². The zero-order chi connectivity index (χ0) is 29.3. The van der Waals surface area contributed by atoms with Gasteiger partial charge in [-0.2, -0.15) is 5.26 Å². The molecule has 1 amide bonds. The minimum absolute atomic E-state index is 0.230. The Hall–Kier alpha value is -5.49. The first-order chi connectivity index (χ1) is 19.7. The fourth-order valence-corrected chi connectivity index (χ4v) is 5.04. The Labute approximate surface area is 238 Å². The maximum atomic E-state index is 11.7. The van der Waals surface area contributed by atoms with Crippen LogP contribution in [-0.2, 0) is 18.4 Å². The van der Waals surface area contributed by atoms with Crippen LogP contribution in [0.2, 0.25) is 0 Å². The molecular formula is C32H29N7O2. The van der Waals surface area contributed by atoms with Gasteiger partial charge in [0.05, 0.1) is 22.2 Å². The summed E-state index contributed by atoms with van der Waals surface area (Å²) in [6.45, 7) is 9.75. The van der Waals surface area contributed by atoms with Crippen molar-refractivity contribution in [2.45, 2.75) is 27.3 Å². The number of benzene rings is 2. The van der Waals surface area contributed by atoms with Crippen molar-refractivity contribution in [2.24, 2.45) is 7.05 Å². The molecule has 3 N–H and O–H groups in total. The molecule has 0 aliphatic carbocycles. The number of aryl methyl sites for hydroxylation is 4. The standard InChI is InChI=1S/C32H29N7O2/c1-6-26(40)36-16-21-7-9-24(18(2)13-21)30-27(28-29(39(30)5)23(15-33)17-37-31(28)34)22-8-10-25(19(3)14-22)41-32-35-12-11-20(4)38-32/h6-14,17H,1,16H2,2-5H3,(H2,34,37)(H,36,40). The highest BCUT2D eigenvalue weighted by Crippen LogP contribution is 2.45. The van der Waals surface area contributed by atoms with Gasteiger partial charge in [0.2, 0.25) is 5.91 Å². The van der Waals surface area contributed by atoms with Gasteiger partial charge in [0.1, 0.15) is 17.6 Å². The summed E-state index contributed by atoms with van der Waals surface area (Å²) in [5, 5.41) is 13.5. The number of anilines is 1. The van der Waals surface area contributed by atoms with Crippen LogP contribution in [0.15, 0.2) is 67.5 Å². The van der Waals surface area contributed by atoms with Crippen molar-refractivity contribution >= 4 is 22.6 Å². The third-order valence-electron chi connectivity index (χ3n) is 6.99. The Morgan fingerprint density at radius 2 is 1.95 bits per heavy atom. The van der Waals surface area contributed by atoms with Crippen LogP contribution in [0, 0.1) is 32.1 Å². The number of hydrogen-bond acceptors (Lipinski definition) is 7. The van der Waals surface area contributed by atoms with Crippen molar-refractivity contribution in [2.75, 3.05) is 5.73 Å². The molecule has 0 saturated carbocycles. The number of fused-ring (bicyclic) bond motifs is 1. The maximum Gasteiger partial charge on any atom is 0.322 e. The molecule has 3 heterocycles. The number of nitrogen functional groups attached to an aromatic ring is 1. The first kappa shape index (κ1) is 27.1. The van der Waals surface area contributed by atoms with Crippen LogP contribution < -0.4 is 15.8 Å². The molecule has 0 aliphatic heterocycles.